The molecule has 1 rings (SSSR count). The summed E-state index contributed by atoms with van der Waals surface area (Å²) in [5.74, 6) is -1.72. The highest BCUT2D eigenvalue weighted by atomic mass is 35.5. The molecule has 1 aromatic rings. The van der Waals surface area contributed by atoms with Crippen molar-refractivity contribution < 1.29 is 33.3 Å². The maximum Gasteiger partial charge on any atom is 0.340 e. The number of rotatable bonds is 9. The van der Waals surface area contributed by atoms with Crippen molar-refractivity contribution in [1.29, 1.82) is 0 Å². The lowest BCUT2D eigenvalue weighted by molar-refractivity contribution is -0.159. The fourth-order valence-electron chi connectivity index (χ4n) is 2.06. The first-order valence-electron chi connectivity index (χ1n) is 8.11. The van der Waals surface area contributed by atoms with Crippen LogP contribution < -0.4 is 14.8 Å². The van der Waals surface area contributed by atoms with Crippen molar-refractivity contribution in [3.05, 3.63) is 28.8 Å². The van der Waals surface area contributed by atoms with E-state index in [-0.39, 0.29) is 13.2 Å². The standard InChI is InChI=1S/C18H22ClNO7/c1-5-26-17(22)15(18(23)27-6-2)20-14(21)8-7-11-9-12(19)16(25-4)13(10-11)24-3/h7-10,15H,5-6H2,1-4H3,(H,20,21)/b8-7+. The maximum atomic E-state index is 12.1. The largest absolute Gasteiger partial charge is 0.493 e. The van der Waals surface area contributed by atoms with Crippen LogP contribution in [0.4, 0.5) is 0 Å². The molecule has 1 N–H and O–H groups in total. The summed E-state index contributed by atoms with van der Waals surface area (Å²) in [6.45, 7) is 3.29. The van der Waals surface area contributed by atoms with E-state index in [1.54, 1.807) is 26.0 Å². The molecule has 0 spiro atoms. The van der Waals surface area contributed by atoms with Crippen molar-refractivity contribution in [1.82, 2.24) is 5.32 Å². The van der Waals surface area contributed by atoms with E-state index in [4.69, 9.17) is 30.5 Å². The number of carbonyl (C=O) groups is 3. The van der Waals surface area contributed by atoms with E-state index in [0.717, 1.165) is 6.08 Å². The van der Waals surface area contributed by atoms with Gasteiger partial charge in [0.05, 0.1) is 32.5 Å². The quantitative estimate of drug-likeness (QED) is 0.385. The van der Waals surface area contributed by atoms with Gasteiger partial charge in [0.2, 0.25) is 11.9 Å². The summed E-state index contributed by atoms with van der Waals surface area (Å²) in [5, 5.41) is 2.56. The fourth-order valence-corrected chi connectivity index (χ4v) is 2.36. The van der Waals surface area contributed by atoms with Crippen LogP contribution in [0.1, 0.15) is 19.4 Å². The van der Waals surface area contributed by atoms with Crippen LogP contribution in [0.3, 0.4) is 0 Å². The van der Waals surface area contributed by atoms with E-state index in [9.17, 15) is 14.4 Å². The van der Waals surface area contributed by atoms with Crippen LogP contribution in [0, 0.1) is 0 Å². The molecule has 0 atom stereocenters. The number of benzene rings is 1. The molecule has 0 fully saturated rings. The Labute approximate surface area is 162 Å². The molecule has 0 aliphatic carbocycles. The highest BCUT2D eigenvalue weighted by Gasteiger charge is 2.30. The van der Waals surface area contributed by atoms with Crippen molar-refractivity contribution >= 4 is 35.5 Å². The molecule has 27 heavy (non-hydrogen) atoms. The zero-order valence-corrected chi connectivity index (χ0v) is 16.3. The number of amides is 1. The van der Waals surface area contributed by atoms with E-state index < -0.39 is 23.9 Å². The molecule has 0 aliphatic rings. The predicted molar refractivity (Wildman–Crippen MR) is 98.8 cm³/mol. The summed E-state index contributed by atoms with van der Waals surface area (Å²) >= 11 is 6.10. The first-order valence-corrected chi connectivity index (χ1v) is 8.49. The van der Waals surface area contributed by atoms with Gasteiger partial charge in [0.15, 0.2) is 11.5 Å². The van der Waals surface area contributed by atoms with Crippen molar-refractivity contribution in [2.75, 3.05) is 27.4 Å². The third kappa shape index (κ3) is 6.49. The van der Waals surface area contributed by atoms with Crippen LogP contribution >= 0.6 is 11.6 Å². The normalized spacial score (nSPS) is 10.6. The summed E-state index contributed by atoms with van der Waals surface area (Å²) in [4.78, 5) is 35.8. The van der Waals surface area contributed by atoms with Gasteiger partial charge in [-0.3, -0.25) is 4.79 Å². The van der Waals surface area contributed by atoms with Crippen LogP contribution in [0.2, 0.25) is 5.02 Å². The van der Waals surface area contributed by atoms with Crippen molar-refractivity contribution in [3.63, 3.8) is 0 Å². The molecule has 0 heterocycles. The van der Waals surface area contributed by atoms with Gasteiger partial charge in [-0.25, -0.2) is 9.59 Å². The fraction of sp³-hybridized carbons (Fsp3) is 0.389. The minimum absolute atomic E-state index is 0.0601. The van der Waals surface area contributed by atoms with E-state index in [0.29, 0.717) is 22.1 Å². The average molecular weight is 400 g/mol. The molecule has 9 heteroatoms. The van der Waals surface area contributed by atoms with Gasteiger partial charge in [-0.2, -0.15) is 0 Å². The number of halogens is 1. The Morgan fingerprint density at radius 2 is 1.67 bits per heavy atom. The zero-order chi connectivity index (χ0) is 20.4. The van der Waals surface area contributed by atoms with E-state index in [1.807, 2.05) is 0 Å². The minimum Gasteiger partial charge on any atom is -0.493 e. The van der Waals surface area contributed by atoms with Crippen molar-refractivity contribution in [2.24, 2.45) is 0 Å². The lowest BCUT2D eigenvalue weighted by Gasteiger charge is -2.14. The molecule has 1 aromatic carbocycles. The molecule has 1 amide bonds. The van der Waals surface area contributed by atoms with Gasteiger partial charge in [0.25, 0.3) is 0 Å². The van der Waals surface area contributed by atoms with E-state index in [1.165, 1.54) is 20.3 Å². The highest BCUT2D eigenvalue weighted by molar-refractivity contribution is 6.32. The summed E-state index contributed by atoms with van der Waals surface area (Å²) < 4.78 is 19.9. The number of esters is 2. The number of carbonyl (C=O) groups excluding carboxylic acids is 3. The summed E-state index contributed by atoms with van der Waals surface area (Å²) in [6, 6.07) is 1.64. The van der Waals surface area contributed by atoms with Gasteiger partial charge < -0.3 is 24.3 Å². The lowest BCUT2D eigenvalue weighted by atomic mass is 10.2. The van der Waals surface area contributed by atoms with Crippen LogP contribution in [0.5, 0.6) is 11.5 Å². The monoisotopic (exact) mass is 399 g/mol. The minimum atomic E-state index is -1.55. The van der Waals surface area contributed by atoms with Crippen molar-refractivity contribution in [3.8, 4) is 11.5 Å². The Bertz CT molecular complexity index is 700. The van der Waals surface area contributed by atoms with Crippen LogP contribution in [0.15, 0.2) is 18.2 Å². The molecule has 8 nitrogen and oxygen atoms in total. The molecule has 0 unspecified atom stereocenters. The SMILES string of the molecule is CCOC(=O)C(NC(=O)/C=C/c1cc(Cl)c(OC)c(OC)c1)C(=O)OCC. The number of ether oxygens (including phenoxy) is 4. The van der Waals surface area contributed by atoms with Gasteiger partial charge in [0, 0.05) is 6.08 Å². The lowest BCUT2D eigenvalue weighted by Crippen LogP contribution is -2.47. The van der Waals surface area contributed by atoms with Gasteiger partial charge in [-0.15, -0.1) is 0 Å². The van der Waals surface area contributed by atoms with Gasteiger partial charge in [0.1, 0.15) is 0 Å². The van der Waals surface area contributed by atoms with Gasteiger partial charge in [-0.1, -0.05) is 11.6 Å². The molecule has 148 valence electrons. The Kier molecular flexibility index (Phi) is 9.15. The van der Waals surface area contributed by atoms with Crippen LogP contribution in [-0.4, -0.2) is 51.3 Å². The molecule has 0 radical (unpaired) electrons. The second-order valence-corrected chi connectivity index (χ2v) is 5.42. The molecule has 0 saturated heterocycles. The third-order valence-corrected chi connectivity index (χ3v) is 3.49. The third-order valence-electron chi connectivity index (χ3n) is 3.21. The topological polar surface area (TPSA) is 100 Å². The van der Waals surface area contributed by atoms with E-state index in [2.05, 4.69) is 5.32 Å². The Hall–Kier alpha value is -2.74. The smallest absolute Gasteiger partial charge is 0.340 e. The van der Waals surface area contributed by atoms with Crippen LogP contribution in [0.25, 0.3) is 6.08 Å². The highest BCUT2D eigenvalue weighted by Crippen LogP contribution is 2.36. The van der Waals surface area contributed by atoms with Gasteiger partial charge in [-0.05, 0) is 37.6 Å². The Morgan fingerprint density at radius 1 is 1.07 bits per heavy atom. The summed E-state index contributed by atoms with van der Waals surface area (Å²) in [6.07, 6.45) is 2.58. The van der Waals surface area contributed by atoms with Gasteiger partial charge >= 0.3 is 11.9 Å². The molecule has 0 bridgehead atoms. The Balaban J connectivity index is 2.94. The number of methoxy groups -OCH3 is 2. The molecule has 0 aromatic heterocycles. The number of hydrogen-bond donors (Lipinski definition) is 1. The summed E-state index contributed by atoms with van der Waals surface area (Å²) in [7, 11) is 2.91. The first-order chi connectivity index (χ1) is 12.9. The molecule has 0 aliphatic heterocycles. The van der Waals surface area contributed by atoms with E-state index >= 15 is 0 Å². The first kappa shape index (κ1) is 22.3. The molecule has 0 saturated carbocycles. The van der Waals surface area contributed by atoms with Crippen molar-refractivity contribution in [2.45, 2.75) is 19.9 Å². The predicted octanol–water partition coefficient (Wildman–Crippen LogP) is 1.98. The number of nitrogens with one attached hydrogen (secondary N) is 1. The average Bonchev–Trinajstić information content (AvgIpc) is 2.64. The summed E-state index contributed by atoms with van der Waals surface area (Å²) in [5.41, 5.74) is 0.552. The molecular weight excluding hydrogens is 378 g/mol. The number of hydrogen-bond acceptors (Lipinski definition) is 7. The van der Waals surface area contributed by atoms with Crippen LogP contribution in [-0.2, 0) is 23.9 Å². The second kappa shape index (κ2) is 11.1. The zero-order valence-electron chi connectivity index (χ0n) is 15.5. The second-order valence-electron chi connectivity index (χ2n) is 5.02. The molecular formula is C18H22ClNO7. The maximum absolute atomic E-state index is 12.1. The Morgan fingerprint density at radius 3 is 2.15 bits per heavy atom.